The molecule has 0 aliphatic carbocycles. The minimum atomic E-state index is -4.70. The van der Waals surface area contributed by atoms with Gasteiger partial charge in [-0.3, -0.25) is 4.79 Å². The van der Waals surface area contributed by atoms with E-state index in [-0.39, 0.29) is 13.2 Å². The van der Waals surface area contributed by atoms with Crippen molar-refractivity contribution >= 4 is 27.6 Å². The average molecular weight is 436 g/mol. The lowest BCUT2D eigenvalue weighted by molar-refractivity contribution is -0.143. The van der Waals surface area contributed by atoms with Crippen molar-refractivity contribution in [1.82, 2.24) is 4.31 Å². The van der Waals surface area contributed by atoms with E-state index in [0.29, 0.717) is 16.7 Å². The third-order valence-corrected chi connectivity index (χ3v) is 5.72. The Morgan fingerprint density at radius 1 is 1.14 bits per heavy atom. The van der Waals surface area contributed by atoms with E-state index in [2.05, 4.69) is 0 Å². The van der Waals surface area contributed by atoms with E-state index in [4.69, 9.17) is 16.3 Å². The van der Waals surface area contributed by atoms with Gasteiger partial charge in [-0.2, -0.15) is 17.5 Å². The Hall–Kier alpha value is -2.10. The molecule has 0 aliphatic heterocycles. The quantitative estimate of drug-likeness (QED) is 0.614. The molecule has 28 heavy (non-hydrogen) atoms. The number of rotatable bonds is 7. The second-order valence-electron chi connectivity index (χ2n) is 5.73. The topological polar surface area (TPSA) is 63.7 Å². The fourth-order valence-corrected chi connectivity index (χ4v) is 3.90. The van der Waals surface area contributed by atoms with Gasteiger partial charge in [-0.1, -0.05) is 29.8 Å². The van der Waals surface area contributed by atoms with Gasteiger partial charge in [0.05, 0.1) is 17.1 Å². The number of hydrogen-bond acceptors (Lipinski definition) is 4. The van der Waals surface area contributed by atoms with E-state index in [1.807, 2.05) is 0 Å². The number of benzene rings is 2. The smallest absolute Gasteiger partial charge is 0.416 e. The summed E-state index contributed by atoms with van der Waals surface area (Å²) in [5.74, 6) is -0.813. The summed E-state index contributed by atoms with van der Waals surface area (Å²) >= 11 is 5.81. The van der Waals surface area contributed by atoms with Crippen LogP contribution in [0.25, 0.3) is 0 Å². The van der Waals surface area contributed by atoms with Crippen molar-refractivity contribution in [2.75, 3.05) is 13.2 Å². The molecule has 0 bridgehead atoms. The number of alkyl halides is 3. The van der Waals surface area contributed by atoms with Crippen molar-refractivity contribution in [2.24, 2.45) is 0 Å². The highest BCUT2D eigenvalue weighted by atomic mass is 35.5. The number of nitrogens with zero attached hydrogens (tertiary/aromatic N) is 1. The minimum absolute atomic E-state index is 0.0389. The Balaban J connectivity index is 2.42. The van der Waals surface area contributed by atoms with E-state index in [0.717, 1.165) is 22.5 Å². The van der Waals surface area contributed by atoms with Crippen LogP contribution in [0.4, 0.5) is 13.2 Å². The Morgan fingerprint density at radius 3 is 2.36 bits per heavy atom. The second kappa shape index (κ2) is 8.93. The summed E-state index contributed by atoms with van der Waals surface area (Å²) in [5, 5.41) is 0.432. The Kier molecular flexibility index (Phi) is 7.08. The molecule has 0 atom stereocenters. The predicted molar refractivity (Wildman–Crippen MR) is 97.1 cm³/mol. The Bertz CT molecular complexity index is 931. The summed E-state index contributed by atoms with van der Waals surface area (Å²) < 4.78 is 70.3. The van der Waals surface area contributed by atoms with Crippen LogP contribution in [0.2, 0.25) is 5.02 Å². The summed E-state index contributed by atoms with van der Waals surface area (Å²) in [6.07, 6.45) is -4.70. The van der Waals surface area contributed by atoms with Crippen LogP contribution in [-0.2, 0) is 32.3 Å². The van der Waals surface area contributed by atoms with Gasteiger partial charge in [0.1, 0.15) is 6.54 Å². The molecule has 0 heterocycles. The molecule has 10 heteroatoms. The molecule has 0 spiro atoms. The van der Waals surface area contributed by atoms with Crippen molar-refractivity contribution < 1.29 is 31.1 Å². The van der Waals surface area contributed by atoms with Crippen molar-refractivity contribution in [3.63, 3.8) is 0 Å². The lowest BCUT2D eigenvalue weighted by Gasteiger charge is -2.22. The van der Waals surface area contributed by atoms with Gasteiger partial charge < -0.3 is 4.74 Å². The normalized spacial score (nSPS) is 12.2. The molecule has 0 saturated heterocycles. The van der Waals surface area contributed by atoms with E-state index in [1.165, 1.54) is 12.1 Å². The molecule has 0 unspecified atom stereocenters. The highest BCUT2D eigenvalue weighted by Gasteiger charge is 2.33. The molecule has 0 aromatic heterocycles. The number of sulfonamides is 1. The van der Waals surface area contributed by atoms with Gasteiger partial charge in [0.15, 0.2) is 0 Å². The van der Waals surface area contributed by atoms with E-state index < -0.39 is 39.2 Å². The zero-order chi connectivity index (χ0) is 20.9. The summed E-state index contributed by atoms with van der Waals surface area (Å²) in [6, 6.07) is 9.55. The fraction of sp³-hybridized carbons (Fsp3) is 0.278. The molecular formula is C18H17ClF3NO4S. The third-order valence-electron chi connectivity index (χ3n) is 3.68. The molecule has 0 aliphatic rings. The Morgan fingerprint density at radius 2 is 1.79 bits per heavy atom. The molecule has 2 aromatic rings. The number of carbonyl (C=O) groups excluding carboxylic acids is 1. The predicted octanol–water partition coefficient (Wildman–Crippen LogP) is 4.11. The first kappa shape index (κ1) is 22.2. The summed E-state index contributed by atoms with van der Waals surface area (Å²) in [7, 11) is -4.41. The first-order valence-corrected chi connectivity index (χ1v) is 9.93. The van der Waals surface area contributed by atoms with Gasteiger partial charge >= 0.3 is 12.1 Å². The maximum Gasteiger partial charge on any atom is 0.416 e. The Labute approximate surface area is 165 Å². The van der Waals surface area contributed by atoms with Gasteiger partial charge in [0.25, 0.3) is 0 Å². The second-order valence-corrected chi connectivity index (χ2v) is 8.10. The van der Waals surface area contributed by atoms with Crippen LogP contribution in [0, 0.1) is 0 Å². The zero-order valence-corrected chi connectivity index (χ0v) is 16.3. The lowest BCUT2D eigenvalue weighted by atomic mass is 10.2. The van der Waals surface area contributed by atoms with Crippen LogP contribution < -0.4 is 0 Å². The highest BCUT2D eigenvalue weighted by Crippen LogP contribution is 2.31. The molecule has 152 valence electrons. The molecule has 0 N–H and O–H groups in total. The van der Waals surface area contributed by atoms with Crippen LogP contribution in [0.15, 0.2) is 53.4 Å². The molecule has 5 nitrogen and oxygen atoms in total. The molecule has 0 fully saturated rings. The van der Waals surface area contributed by atoms with Gasteiger partial charge in [-0.25, -0.2) is 8.42 Å². The van der Waals surface area contributed by atoms with E-state index in [9.17, 15) is 26.4 Å². The molecule has 0 saturated carbocycles. The number of esters is 1. The van der Waals surface area contributed by atoms with Crippen LogP contribution >= 0.6 is 11.6 Å². The molecule has 0 radical (unpaired) electrons. The van der Waals surface area contributed by atoms with Gasteiger partial charge in [0.2, 0.25) is 10.0 Å². The van der Waals surface area contributed by atoms with Gasteiger partial charge in [-0.15, -0.1) is 0 Å². The molecule has 0 amide bonds. The minimum Gasteiger partial charge on any atom is -0.465 e. The van der Waals surface area contributed by atoms with Crippen LogP contribution in [-0.4, -0.2) is 31.8 Å². The molecular weight excluding hydrogens is 419 g/mol. The largest absolute Gasteiger partial charge is 0.465 e. The SMILES string of the molecule is CCOC(=O)CN(Cc1ccc(Cl)cc1)S(=O)(=O)c1cccc(C(F)(F)F)c1. The summed E-state index contributed by atoms with van der Waals surface area (Å²) in [5.41, 5.74) is -0.597. The molecule has 2 rings (SSSR count). The lowest BCUT2D eigenvalue weighted by Crippen LogP contribution is -2.36. The number of ether oxygens (including phenoxy) is 1. The fourth-order valence-electron chi connectivity index (χ4n) is 2.35. The first-order valence-electron chi connectivity index (χ1n) is 8.11. The maximum absolute atomic E-state index is 13.0. The van der Waals surface area contributed by atoms with Crippen LogP contribution in [0.3, 0.4) is 0 Å². The maximum atomic E-state index is 13.0. The van der Waals surface area contributed by atoms with Crippen molar-refractivity contribution in [3.8, 4) is 0 Å². The number of carbonyl (C=O) groups is 1. The number of hydrogen-bond donors (Lipinski definition) is 0. The van der Waals surface area contributed by atoms with E-state index >= 15 is 0 Å². The summed E-state index contributed by atoms with van der Waals surface area (Å²) in [6.45, 7) is 0.712. The van der Waals surface area contributed by atoms with Crippen LogP contribution in [0.1, 0.15) is 18.1 Å². The van der Waals surface area contributed by atoms with Crippen molar-refractivity contribution in [2.45, 2.75) is 24.5 Å². The van der Waals surface area contributed by atoms with Crippen molar-refractivity contribution in [1.29, 1.82) is 0 Å². The van der Waals surface area contributed by atoms with E-state index in [1.54, 1.807) is 19.1 Å². The molecule has 2 aromatic carbocycles. The van der Waals surface area contributed by atoms with Gasteiger partial charge in [0, 0.05) is 11.6 Å². The van der Waals surface area contributed by atoms with Gasteiger partial charge in [-0.05, 0) is 42.8 Å². The monoisotopic (exact) mass is 435 g/mol. The third kappa shape index (κ3) is 5.70. The number of halogens is 4. The standard InChI is InChI=1S/C18H17ClF3NO4S/c1-2-27-17(24)12-23(11-13-6-8-15(19)9-7-13)28(25,26)16-5-3-4-14(10-16)18(20,21)22/h3-10H,2,11-12H2,1H3. The van der Waals surface area contributed by atoms with Crippen molar-refractivity contribution in [3.05, 3.63) is 64.7 Å². The zero-order valence-electron chi connectivity index (χ0n) is 14.7. The first-order chi connectivity index (χ1) is 13.0. The average Bonchev–Trinajstić information content (AvgIpc) is 2.62. The highest BCUT2D eigenvalue weighted by molar-refractivity contribution is 7.89. The summed E-state index contributed by atoms with van der Waals surface area (Å²) in [4.78, 5) is 11.3. The van der Waals surface area contributed by atoms with Crippen LogP contribution in [0.5, 0.6) is 0 Å².